The summed E-state index contributed by atoms with van der Waals surface area (Å²) in [6.07, 6.45) is 2.32. The lowest BCUT2D eigenvalue weighted by molar-refractivity contribution is -0.0902. The molecule has 1 nitrogen and oxygen atoms in total. The third-order valence-corrected chi connectivity index (χ3v) is 1.66. The van der Waals surface area contributed by atoms with Gasteiger partial charge in [-0.05, 0) is 18.9 Å². The lowest BCUT2D eigenvalue weighted by atomic mass is 10.1. The number of hydrogen-bond donors (Lipinski definition) is 0. The third kappa shape index (κ3) is 3.30. The van der Waals surface area contributed by atoms with Gasteiger partial charge in [-0.15, -0.1) is 0 Å². The van der Waals surface area contributed by atoms with Crippen LogP contribution in [0.15, 0.2) is 12.2 Å². The maximum atomic E-state index is 13.1. The number of alkyl halides is 2. The molecule has 0 N–H and O–H groups in total. The first-order valence-electron chi connectivity index (χ1n) is 4.16. The quantitative estimate of drug-likeness (QED) is 0.588. The highest BCUT2D eigenvalue weighted by molar-refractivity contribution is 4.98. The molecule has 0 heterocycles. The Labute approximate surface area is 72.4 Å². The fourth-order valence-electron chi connectivity index (χ4n) is 0.978. The fraction of sp³-hybridized carbons (Fsp3) is 0.778. The van der Waals surface area contributed by atoms with E-state index in [2.05, 4.69) is 4.74 Å². The minimum absolute atomic E-state index is 0.317. The van der Waals surface area contributed by atoms with Crippen molar-refractivity contribution in [2.45, 2.75) is 38.7 Å². The van der Waals surface area contributed by atoms with Crippen molar-refractivity contribution < 1.29 is 13.5 Å². The van der Waals surface area contributed by atoms with Crippen LogP contribution < -0.4 is 0 Å². The van der Waals surface area contributed by atoms with Crippen molar-refractivity contribution in [1.82, 2.24) is 0 Å². The molecule has 0 amide bonds. The minimum atomic E-state index is -2.83. The first kappa shape index (κ1) is 11.6. The van der Waals surface area contributed by atoms with Crippen molar-refractivity contribution in [2.24, 2.45) is 0 Å². The molecule has 72 valence electrons. The van der Waals surface area contributed by atoms with E-state index in [0.29, 0.717) is 12.8 Å². The maximum absolute atomic E-state index is 13.1. The number of ether oxygens (including phenoxy) is 1. The Kier molecular flexibility index (Phi) is 5.06. The van der Waals surface area contributed by atoms with Crippen LogP contribution >= 0.6 is 0 Å². The van der Waals surface area contributed by atoms with Gasteiger partial charge in [0.2, 0.25) is 0 Å². The zero-order valence-corrected chi connectivity index (χ0v) is 7.81. The van der Waals surface area contributed by atoms with Gasteiger partial charge in [0.05, 0.1) is 0 Å². The SMILES string of the molecule is CC/C=C\C(F)(F)C(CC)OC. The van der Waals surface area contributed by atoms with Gasteiger partial charge < -0.3 is 4.74 Å². The van der Waals surface area contributed by atoms with Crippen LogP contribution in [0.4, 0.5) is 8.78 Å². The largest absolute Gasteiger partial charge is 0.375 e. The summed E-state index contributed by atoms with van der Waals surface area (Å²) in [7, 11) is 1.31. The molecule has 0 aromatic heterocycles. The molecule has 0 aromatic rings. The van der Waals surface area contributed by atoms with E-state index in [0.717, 1.165) is 6.08 Å². The molecule has 0 aromatic carbocycles. The van der Waals surface area contributed by atoms with Crippen molar-refractivity contribution in [1.29, 1.82) is 0 Å². The molecule has 0 saturated carbocycles. The molecule has 3 heteroatoms. The molecule has 0 spiro atoms. The highest BCUT2D eigenvalue weighted by Crippen LogP contribution is 2.24. The third-order valence-electron chi connectivity index (χ3n) is 1.66. The summed E-state index contributed by atoms with van der Waals surface area (Å²) in [6, 6.07) is 0. The van der Waals surface area contributed by atoms with E-state index in [9.17, 15) is 8.78 Å². The van der Waals surface area contributed by atoms with Gasteiger partial charge in [-0.3, -0.25) is 0 Å². The number of methoxy groups -OCH3 is 1. The average Bonchev–Trinajstić information content (AvgIpc) is 2.03. The maximum Gasteiger partial charge on any atom is 0.292 e. The molecule has 0 aliphatic heterocycles. The van der Waals surface area contributed by atoms with Crippen molar-refractivity contribution in [2.75, 3.05) is 7.11 Å². The Bertz CT molecular complexity index is 139. The Balaban J connectivity index is 4.24. The Morgan fingerprint density at radius 2 is 2.00 bits per heavy atom. The standard InChI is InChI=1S/C9H16F2O/c1-4-6-7-9(10,11)8(5-2)12-3/h6-8H,4-5H2,1-3H3/b7-6-. The van der Waals surface area contributed by atoms with Crippen LogP contribution in [0.25, 0.3) is 0 Å². The van der Waals surface area contributed by atoms with Crippen LogP contribution in [0.2, 0.25) is 0 Å². The molecule has 12 heavy (non-hydrogen) atoms. The summed E-state index contributed by atoms with van der Waals surface area (Å²) >= 11 is 0. The summed E-state index contributed by atoms with van der Waals surface area (Å²) in [5, 5.41) is 0. The van der Waals surface area contributed by atoms with E-state index in [-0.39, 0.29) is 0 Å². The van der Waals surface area contributed by atoms with Gasteiger partial charge in [-0.2, -0.15) is 8.78 Å². The van der Waals surface area contributed by atoms with Gasteiger partial charge in [-0.25, -0.2) is 0 Å². The molecule has 0 radical (unpaired) electrons. The van der Waals surface area contributed by atoms with Gasteiger partial charge in [0.15, 0.2) is 0 Å². The van der Waals surface area contributed by atoms with Gasteiger partial charge in [0, 0.05) is 7.11 Å². The Morgan fingerprint density at radius 3 is 2.33 bits per heavy atom. The summed E-state index contributed by atoms with van der Waals surface area (Å²) in [4.78, 5) is 0. The van der Waals surface area contributed by atoms with E-state index in [1.165, 1.54) is 13.2 Å². The monoisotopic (exact) mass is 178 g/mol. The molecule has 0 aliphatic rings. The zero-order chi connectivity index (χ0) is 9.61. The topological polar surface area (TPSA) is 9.23 Å². The predicted octanol–water partition coefficient (Wildman–Crippen LogP) is 3.01. The molecular weight excluding hydrogens is 162 g/mol. The number of allylic oxidation sites excluding steroid dienone is 1. The average molecular weight is 178 g/mol. The van der Waals surface area contributed by atoms with Gasteiger partial charge in [0.25, 0.3) is 5.92 Å². The van der Waals surface area contributed by atoms with E-state index in [1.807, 2.05) is 6.92 Å². The molecule has 0 fully saturated rings. The van der Waals surface area contributed by atoms with E-state index in [4.69, 9.17) is 0 Å². The molecule has 0 bridgehead atoms. The van der Waals surface area contributed by atoms with E-state index in [1.54, 1.807) is 6.92 Å². The van der Waals surface area contributed by atoms with Crippen LogP contribution in [0, 0.1) is 0 Å². The summed E-state index contributed by atoms with van der Waals surface area (Å²) in [6.45, 7) is 3.50. The van der Waals surface area contributed by atoms with Gasteiger partial charge in [0.1, 0.15) is 6.10 Å². The van der Waals surface area contributed by atoms with Crippen LogP contribution in [0.3, 0.4) is 0 Å². The van der Waals surface area contributed by atoms with Gasteiger partial charge >= 0.3 is 0 Å². The fourth-order valence-corrected chi connectivity index (χ4v) is 0.978. The Hall–Kier alpha value is -0.440. The van der Waals surface area contributed by atoms with E-state index >= 15 is 0 Å². The first-order chi connectivity index (χ1) is 5.58. The van der Waals surface area contributed by atoms with Gasteiger partial charge in [-0.1, -0.05) is 19.9 Å². The summed E-state index contributed by atoms with van der Waals surface area (Å²) in [5.74, 6) is -2.83. The van der Waals surface area contributed by atoms with E-state index < -0.39 is 12.0 Å². The second-order valence-electron chi connectivity index (χ2n) is 2.62. The second-order valence-corrected chi connectivity index (χ2v) is 2.62. The highest BCUT2D eigenvalue weighted by atomic mass is 19.3. The van der Waals surface area contributed by atoms with Crippen LogP contribution in [0.1, 0.15) is 26.7 Å². The second kappa shape index (κ2) is 5.25. The molecule has 0 saturated heterocycles. The van der Waals surface area contributed by atoms with Crippen LogP contribution in [0.5, 0.6) is 0 Å². The van der Waals surface area contributed by atoms with Crippen molar-refractivity contribution in [3.63, 3.8) is 0 Å². The lowest BCUT2D eigenvalue weighted by Crippen LogP contribution is -2.32. The van der Waals surface area contributed by atoms with Crippen molar-refractivity contribution >= 4 is 0 Å². The summed E-state index contributed by atoms with van der Waals surface area (Å²) < 4.78 is 30.8. The molecule has 0 rings (SSSR count). The number of rotatable bonds is 5. The number of halogens is 2. The Morgan fingerprint density at radius 1 is 1.42 bits per heavy atom. The molecule has 1 atom stereocenters. The minimum Gasteiger partial charge on any atom is -0.375 e. The molecular formula is C9H16F2O. The van der Waals surface area contributed by atoms with Crippen molar-refractivity contribution in [3.8, 4) is 0 Å². The predicted molar refractivity (Wildman–Crippen MR) is 45.5 cm³/mol. The molecule has 1 unspecified atom stereocenters. The smallest absolute Gasteiger partial charge is 0.292 e. The first-order valence-corrected chi connectivity index (χ1v) is 4.16. The van der Waals surface area contributed by atoms with Crippen LogP contribution in [-0.2, 0) is 4.74 Å². The molecule has 0 aliphatic carbocycles. The summed E-state index contributed by atoms with van der Waals surface area (Å²) in [5.41, 5.74) is 0. The number of hydrogen-bond acceptors (Lipinski definition) is 1. The highest BCUT2D eigenvalue weighted by Gasteiger charge is 2.35. The zero-order valence-electron chi connectivity index (χ0n) is 7.81. The lowest BCUT2D eigenvalue weighted by Gasteiger charge is -2.21. The van der Waals surface area contributed by atoms with Crippen molar-refractivity contribution in [3.05, 3.63) is 12.2 Å². The van der Waals surface area contributed by atoms with Crippen LogP contribution in [-0.4, -0.2) is 19.1 Å². The normalized spacial score (nSPS) is 15.4.